The molecule has 2 atom stereocenters. The van der Waals surface area contributed by atoms with Crippen LogP contribution in [0.3, 0.4) is 0 Å². The Morgan fingerprint density at radius 3 is 2.67 bits per heavy atom. The van der Waals surface area contributed by atoms with Gasteiger partial charge in [-0.2, -0.15) is 0 Å². The van der Waals surface area contributed by atoms with Crippen LogP contribution in [0.4, 0.5) is 5.69 Å². The average molecular weight is 348 g/mol. The van der Waals surface area contributed by atoms with Crippen LogP contribution in [0.2, 0.25) is 0 Å². The van der Waals surface area contributed by atoms with Crippen LogP contribution in [0.25, 0.3) is 0 Å². The first-order valence-electron chi connectivity index (χ1n) is 7.67. The number of nitrogens with one attached hydrogen (secondary N) is 1. The average Bonchev–Trinajstić information content (AvgIpc) is 3.13. The van der Waals surface area contributed by atoms with Gasteiger partial charge in [-0.3, -0.25) is 4.79 Å². The van der Waals surface area contributed by atoms with Crippen LogP contribution in [-0.2, 0) is 14.8 Å². The number of amides is 1. The summed E-state index contributed by atoms with van der Waals surface area (Å²) in [4.78, 5) is 14.2. The molecular weight excluding hydrogens is 328 g/mol. The monoisotopic (exact) mass is 348 g/mol. The molecule has 0 aliphatic heterocycles. The van der Waals surface area contributed by atoms with E-state index in [0.717, 1.165) is 17.0 Å². The summed E-state index contributed by atoms with van der Waals surface area (Å²) in [7, 11) is -0.201. The molecule has 1 N–H and O–H groups in total. The number of hydrogen-bond acceptors (Lipinski definition) is 5. The third-order valence-corrected chi connectivity index (χ3v) is 5.59. The molecule has 1 heterocycles. The molecule has 3 rings (SSSR count). The first kappa shape index (κ1) is 16.6. The molecule has 1 aromatic heterocycles. The Bertz CT molecular complexity index is 857. The second kappa shape index (κ2) is 5.98. The van der Waals surface area contributed by atoms with Crippen molar-refractivity contribution in [2.45, 2.75) is 24.2 Å². The SMILES string of the molecule is Cc1ccc(S(=O)(=O)NC(=O)[C@@H]2C[C@H]2c2ccco2)cc1N(C)C. The first-order chi connectivity index (χ1) is 11.3. The summed E-state index contributed by atoms with van der Waals surface area (Å²) >= 11 is 0. The molecular formula is C17H20N2O4S. The minimum atomic E-state index is -3.89. The highest BCUT2D eigenvalue weighted by Crippen LogP contribution is 2.47. The van der Waals surface area contributed by atoms with E-state index in [-0.39, 0.29) is 16.7 Å². The van der Waals surface area contributed by atoms with Gasteiger partial charge in [0.2, 0.25) is 5.91 Å². The molecule has 24 heavy (non-hydrogen) atoms. The highest BCUT2D eigenvalue weighted by atomic mass is 32.2. The molecule has 7 heteroatoms. The summed E-state index contributed by atoms with van der Waals surface area (Å²) in [6.45, 7) is 1.91. The Morgan fingerprint density at radius 2 is 2.04 bits per heavy atom. The summed E-state index contributed by atoms with van der Waals surface area (Å²) in [5.41, 5.74) is 1.76. The van der Waals surface area contributed by atoms with Crippen molar-refractivity contribution in [1.82, 2.24) is 4.72 Å². The fraction of sp³-hybridized carbons (Fsp3) is 0.353. The van der Waals surface area contributed by atoms with Crippen molar-refractivity contribution >= 4 is 21.6 Å². The van der Waals surface area contributed by atoms with Crippen LogP contribution in [-0.4, -0.2) is 28.4 Å². The Kier molecular flexibility index (Phi) is 4.13. The maximum Gasteiger partial charge on any atom is 0.264 e. The number of nitrogens with zero attached hydrogens (tertiary/aromatic N) is 1. The predicted octanol–water partition coefficient (Wildman–Crippen LogP) is 2.26. The second-order valence-corrected chi connectivity index (χ2v) is 7.96. The van der Waals surface area contributed by atoms with Crippen LogP contribution in [0.1, 0.15) is 23.7 Å². The molecule has 1 fully saturated rings. The number of carbonyl (C=O) groups excluding carboxylic acids is 1. The zero-order valence-electron chi connectivity index (χ0n) is 13.8. The molecule has 2 aromatic rings. The van der Waals surface area contributed by atoms with E-state index in [1.54, 1.807) is 30.5 Å². The lowest BCUT2D eigenvalue weighted by atomic mass is 10.2. The molecule has 0 saturated heterocycles. The fourth-order valence-corrected chi connectivity index (χ4v) is 3.85. The van der Waals surface area contributed by atoms with Crippen LogP contribution in [0, 0.1) is 12.8 Å². The van der Waals surface area contributed by atoms with Gasteiger partial charge in [0.05, 0.1) is 11.2 Å². The van der Waals surface area contributed by atoms with Crippen molar-refractivity contribution in [2.24, 2.45) is 5.92 Å². The molecule has 1 aromatic carbocycles. The lowest BCUT2D eigenvalue weighted by Crippen LogP contribution is -2.32. The quantitative estimate of drug-likeness (QED) is 0.896. The molecule has 1 aliphatic carbocycles. The number of sulfonamides is 1. The standard InChI is InChI=1S/C17H20N2O4S/c1-11-6-7-12(9-15(11)19(2)3)24(21,22)18-17(20)14-10-13(14)16-5-4-8-23-16/h4-9,13-14H,10H2,1-3H3,(H,18,20)/t13-,14-/m1/s1. The second-order valence-electron chi connectivity index (χ2n) is 6.28. The van der Waals surface area contributed by atoms with Gasteiger partial charge in [0.1, 0.15) is 5.76 Å². The Labute approximate surface area is 141 Å². The Balaban J connectivity index is 1.75. The van der Waals surface area contributed by atoms with Gasteiger partial charge < -0.3 is 9.32 Å². The van der Waals surface area contributed by atoms with E-state index < -0.39 is 15.9 Å². The van der Waals surface area contributed by atoms with Gasteiger partial charge >= 0.3 is 0 Å². The Morgan fingerprint density at radius 1 is 1.29 bits per heavy atom. The maximum atomic E-state index is 12.5. The Hall–Kier alpha value is -2.28. The lowest BCUT2D eigenvalue weighted by molar-refractivity contribution is -0.120. The molecule has 0 spiro atoms. The van der Waals surface area contributed by atoms with E-state index in [1.165, 1.54) is 6.07 Å². The molecule has 6 nitrogen and oxygen atoms in total. The van der Waals surface area contributed by atoms with Crippen LogP contribution < -0.4 is 9.62 Å². The number of rotatable bonds is 5. The van der Waals surface area contributed by atoms with Gasteiger partial charge in [-0.05, 0) is 43.2 Å². The van der Waals surface area contributed by atoms with Gasteiger partial charge in [0.15, 0.2) is 0 Å². The number of aryl methyl sites for hydroxylation is 1. The lowest BCUT2D eigenvalue weighted by Gasteiger charge is -2.17. The van der Waals surface area contributed by atoms with E-state index in [1.807, 2.05) is 25.9 Å². The van der Waals surface area contributed by atoms with Crippen molar-refractivity contribution in [3.05, 3.63) is 47.9 Å². The number of carbonyl (C=O) groups is 1. The van der Waals surface area contributed by atoms with E-state index in [2.05, 4.69) is 4.72 Å². The summed E-state index contributed by atoms with van der Waals surface area (Å²) in [5.74, 6) is -0.156. The molecule has 0 bridgehead atoms. The van der Waals surface area contributed by atoms with Crippen molar-refractivity contribution in [3.63, 3.8) is 0 Å². The number of furan rings is 1. The minimum absolute atomic E-state index is 0.0365. The topological polar surface area (TPSA) is 79.6 Å². The molecule has 1 saturated carbocycles. The smallest absolute Gasteiger partial charge is 0.264 e. The fourth-order valence-electron chi connectivity index (χ4n) is 2.81. The molecule has 1 amide bonds. The largest absolute Gasteiger partial charge is 0.469 e. The van der Waals surface area contributed by atoms with Gasteiger partial charge in [-0.25, -0.2) is 13.1 Å². The number of hydrogen-bond donors (Lipinski definition) is 1. The summed E-state index contributed by atoms with van der Waals surface area (Å²) in [5, 5.41) is 0. The third-order valence-electron chi connectivity index (χ3n) is 4.24. The normalized spacial score (nSPS) is 19.8. The molecule has 0 radical (unpaired) electrons. The van der Waals surface area contributed by atoms with E-state index in [0.29, 0.717) is 6.42 Å². The number of benzene rings is 1. The van der Waals surface area contributed by atoms with E-state index in [4.69, 9.17) is 4.42 Å². The van der Waals surface area contributed by atoms with Crippen molar-refractivity contribution in [3.8, 4) is 0 Å². The van der Waals surface area contributed by atoms with Gasteiger partial charge in [0, 0.05) is 31.6 Å². The van der Waals surface area contributed by atoms with Gasteiger partial charge in [-0.1, -0.05) is 6.07 Å². The van der Waals surface area contributed by atoms with Crippen molar-refractivity contribution in [1.29, 1.82) is 0 Å². The van der Waals surface area contributed by atoms with Crippen LogP contribution in [0.5, 0.6) is 0 Å². The van der Waals surface area contributed by atoms with E-state index in [9.17, 15) is 13.2 Å². The summed E-state index contributed by atoms with van der Waals surface area (Å²) in [6, 6.07) is 8.37. The third kappa shape index (κ3) is 3.17. The van der Waals surface area contributed by atoms with Crippen LogP contribution >= 0.6 is 0 Å². The van der Waals surface area contributed by atoms with Gasteiger partial charge in [0.25, 0.3) is 10.0 Å². The maximum absolute atomic E-state index is 12.5. The molecule has 128 valence electrons. The minimum Gasteiger partial charge on any atom is -0.469 e. The first-order valence-corrected chi connectivity index (χ1v) is 9.16. The zero-order chi connectivity index (χ0) is 17.5. The highest BCUT2D eigenvalue weighted by Gasteiger charge is 2.46. The molecule has 0 unspecified atom stereocenters. The predicted molar refractivity (Wildman–Crippen MR) is 90.4 cm³/mol. The van der Waals surface area contributed by atoms with E-state index >= 15 is 0 Å². The molecule has 1 aliphatic rings. The van der Waals surface area contributed by atoms with Crippen molar-refractivity contribution in [2.75, 3.05) is 19.0 Å². The highest BCUT2D eigenvalue weighted by molar-refractivity contribution is 7.90. The summed E-state index contributed by atoms with van der Waals surface area (Å²) < 4.78 is 32.4. The van der Waals surface area contributed by atoms with Crippen molar-refractivity contribution < 1.29 is 17.6 Å². The van der Waals surface area contributed by atoms with Crippen LogP contribution in [0.15, 0.2) is 45.9 Å². The zero-order valence-corrected chi connectivity index (χ0v) is 14.6. The number of anilines is 1. The van der Waals surface area contributed by atoms with Gasteiger partial charge in [-0.15, -0.1) is 0 Å². The summed E-state index contributed by atoms with van der Waals surface area (Å²) in [6.07, 6.45) is 2.15.